The Morgan fingerprint density at radius 2 is 0.525 bits per heavy atom. The molecule has 0 aromatic heterocycles. The van der Waals surface area contributed by atoms with E-state index in [2.05, 4.69) is 315 Å². The predicted octanol–water partition coefficient (Wildman–Crippen LogP) is 14.5. The number of rotatable bonds is 8. The topological polar surface area (TPSA) is 0 Å². The maximum absolute atomic E-state index is 2.78. The van der Waals surface area contributed by atoms with E-state index in [1.807, 2.05) is 0 Å². The smallest absolute Gasteiger partial charge is 0.0623 e. The van der Waals surface area contributed by atoms with Gasteiger partial charge >= 0.3 is 0 Å². The number of hydrogen-bond acceptors (Lipinski definition) is 0. The minimum Gasteiger partial charge on any atom is -0.0623 e. The summed E-state index contributed by atoms with van der Waals surface area (Å²) in [5.41, 5.74) is 15.3. The first-order valence-electron chi connectivity index (χ1n) is 28.0. The van der Waals surface area contributed by atoms with Gasteiger partial charge in [0, 0.05) is 0 Å². The van der Waals surface area contributed by atoms with Crippen LogP contribution in [0.2, 0.25) is 0 Å². The van der Waals surface area contributed by atoms with Crippen molar-refractivity contribution in [2.24, 2.45) is 0 Å². The first-order valence-corrected chi connectivity index (χ1v) is 32.0. The largest absolute Gasteiger partial charge is 0.180 e. The van der Waals surface area contributed by atoms with Crippen molar-refractivity contribution in [2.45, 2.75) is 0 Å². The fourth-order valence-corrected chi connectivity index (χ4v) is 25.1. The van der Waals surface area contributed by atoms with Crippen LogP contribution in [0.5, 0.6) is 0 Å². The standard InChI is InChI=1S/C78H52Si2/c1-6-26-53(27-7-1)69-51-55(50-54-28-16-17-37-60(54)69)76-65-42-22-40-61(63-44-24-48-74-77(63)67-38-18-20-46-72(67)79(74,56-29-8-2-9-30-56)57-31-10-3-11-32-57)70(65)52-71-62(41-23-43-66(71)76)64-45-25-49-75-78(64)68-39-19-21-47-73(68)80(75,58-33-12-4-13-34-58)59-35-14-5-15-36-59/h1-52H. The Morgan fingerprint density at radius 1 is 0.175 bits per heavy atom. The molecular formula is C78H52Si2. The SMILES string of the molecule is c1ccc(-c2cc(-c3c4cccc(-c5cccc6c5-c5ccccc5[Si]6(c5ccccc5)c5ccccc5)c4cc4c(-c5cccc6c5-c5ccccc5[Si]6(c5ccccc5)c5ccccc5)cccc34)cc3ccccc23)cc1. The Bertz CT molecular complexity index is 4420. The molecule has 2 aliphatic rings. The van der Waals surface area contributed by atoms with Crippen molar-refractivity contribution in [2.75, 3.05) is 0 Å². The summed E-state index contributed by atoms with van der Waals surface area (Å²) in [5.74, 6) is 0. The molecule has 0 nitrogen and oxygen atoms in total. The molecule has 2 aliphatic heterocycles. The van der Waals surface area contributed by atoms with Crippen molar-refractivity contribution >= 4 is 90.0 Å². The highest BCUT2D eigenvalue weighted by molar-refractivity contribution is 7.23. The van der Waals surface area contributed by atoms with E-state index in [0.717, 1.165) is 0 Å². The Morgan fingerprint density at radius 3 is 1.00 bits per heavy atom. The van der Waals surface area contributed by atoms with Gasteiger partial charge in [0.2, 0.25) is 0 Å². The highest BCUT2D eigenvalue weighted by Gasteiger charge is 2.51. The van der Waals surface area contributed by atoms with Crippen molar-refractivity contribution in [1.82, 2.24) is 0 Å². The number of benzene rings is 14. The average Bonchev–Trinajstić information content (AvgIpc) is 4.14. The van der Waals surface area contributed by atoms with Gasteiger partial charge < -0.3 is 0 Å². The fraction of sp³-hybridized carbons (Fsp3) is 0. The van der Waals surface area contributed by atoms with Gasteiger partial charge in [-0.05, 0) is 159 Å². The average molecular weight is 1050 g/mol. The molecule has 0 saturated heterocycles. The van der Waals surface area contributed by atoms with E-state index in [1.165, 1.54) is 141 Å². The molecule has 80 heavy (non-hydrogen) atoms. The zero-order chi connectivity index (χ0) is 52.8. The molecule has 0 unspecified atom stereocenters. The summed E-state index contributed by atoms with van der Waals surface area (Å²) in [5, 5.41) is 18.8. The normalized spacial score (nSPS) is 13.4. The molecular weight excluding hydrogens is 993 g/mol. The maximum atomic E-state index is 2.57. The van der Waals surface area contributed by atoms with E-state index in [0.29, 0.717) is 0 Å². The maximum Gasteiger partial charge on any atom is 0.180 e. The lowest BCUT2D eigenvalue weighted by Gasteiger charge is -2.31. The van der Waals surface area contributed by atoms with Crippen LogP contribution < -0.4 is 41.5 Å². The van der Waals surface area contributed by atoms with Crippen LogP contribution in [0.3, 0.4) is 0 Å². The Balaban J connectivity index is 1.03. The molecule has 2 heteroatoms. The molecule has 0 bridgehead atoms. The summed E-state index contributed by atoms with van der Waals surface area (Å²) in [6, 6.07) is 120. The van der Waals surface area contributed by atoms with Gasteiger partial charge in [-0.3, -0.25) is 0 Å². The summed E-state index contributed by atoms with van der Waals surface area (Å²) < 4.78 is 0. The van der Waals surface area contributed by atoms with Gasteiger partial charge in [-0.25, -0.2) is 0 Å². The zero-order valence-electron chi connectivity index (χ0n) is 44.0. The number of fused-ring (bicyclic) bond motifs is 9. The molecule has 0 amide bonds. The highest BCUT2D eigenvalue weighted by Crippen LogP contribution is 2.48. The van der Waals surface area contributed by atoms with E-state index in [1.54, 1.807) is 0 Å². The second-order valence-corrected chi connectivity index (χ2v) is 29.1. The van der Waals surface area contributed by atoms with E-state index < -0.39 is 16.1 Å². The lowest BCUT2D eigenvalue weighted by Crippen LogP contribution is -2.72. The summed E-state index contributed by atoms with van der Waals surface area (Å²) >= 11 is 0. The quantitative estimate of drug-likeness (QED) is 0.105. The molecule has 0 aliphatic carbocycles. The second kappa shape index (κ2) is 18.5. The molecule has 2 heterocycles. The van der Waals surface area contributed by atoms with Gasteiger partial charge in [0.15, 0.2) is 16.1 Å². The third-order valence-corrected chi connectivity index (χ3v) is 27.6. The van der Waals surface area contributed by atoms with E-state index in [9.17, 15) is 0 Å². The van der Waals surface area contributed by atoms with Crippen molar-refractivity contribution in [3.05, 3.63) is 315 Å². The van der Waals surface area contributed by atoms with Crippen LogP contribution in [0.1, 0.15) is 0 Å². The van der Waals surface area contributed by atoms with Gasteiger partial charge in [0.25, 0.3) is 0 Å². The monoisotopic (exact) mass is 1040 g/mol. The van der Waals surface area contributed by atoms with Gasteiger partial charge in [0.1, 0.15) is 0 Å². The molecule has 0 spiro atoms. The van der Waals surface area contributed by atoms with Gasteiger partial charge in [0.05, 0.1) is 0 Å². The predicted molar refractivity (Wildman–Crippen MR) is 346 cm³/mol. The van der Waals surface area contributed by atoms with Crippen LogP contribution >= 0.6 is 0 Å². The fourth-order valence-electron chi connectivity index (χ4n) is 14.7. The van der Waals surface area contributed by atoms with Crippen LogP contribution in [0.15, 0.2) is 315 Å². The lowest BCUT2D eigenvalue weighted by molar-refractivity contribution is 1.63. The lowest BCUT2D eigenvalue weighted by atomic mass is 9.83. The summed E-state index contributed by atoms with van der Waals surface area (Å²) in [6.45, 7) is 0. The molecule has 0 N–H and O–H groups in total. The minimum absolute atomic E-state index is 1.21. The summed E-state index contributed by atoms with van der Waals surface area (Å²) in [6.07, 6.45) is 0. The van der Waals surface area contributed by atoms with Crippen LogP contribution in [0.25, 0.3) is 99.1 Å². The van der Waals surface area contributed by atoms with Gasteiger partial charge in [-0.15, -0.1) is 0 Å². The first kappa shape index (κ1) is 46.4. The van der Waals surface area contributed by atoms with Crippen molar-refractivity contribution in [3.8, 4) is 66.8 Å². The van der Waals surface area contributed by atoms with Crippen LogP contribution in [-0.4, -0.2) is 16.1 Å². The highest BCUT2D eigenvalue weighted by atomic mass is 28.3. The summed E-state index contributed by atoms with van der Waals surface area (Å²) in [4.78, 5) is 0. The molecule has 0 atom stereocenters. The molecule has 14 aromatic rings. The molecule has 16 rings (SSSR count). The minimum atomic E-state index is -2.78. The van der Waals surface area contributed by atoms with Crippen molar-refractivity contribution in [1.29, 1.82) is 0 Å². The number of hydrogen-bond donors (Lipinski definition) is 0. The van der Waals surface area contributed by atoms with E-state index in [4.69, 9.17) is 0 Å². The zero-order valence-corrected chi connectivity index (χ0v) is 46.0. The molecule has 0 saturated carbocycles. The van der Waals surface area contributed by atoms with Gasteiger partial charge in [-0.1, -0.05) is 297 Å². The third kappa shape index (κ3) is 6.67. The van der Waals surface area contributed by atoms with Crippen LogP contribution in [0.4, 0.5) is 0 Å². The van der Waals surface area contributed by atoms with Crippen molar-refractivity contribution < 1.29 is 0 Å². The van der Waals surface area contributed by atoms with Crippen LogP contribution in [-0.2, 0) is 0 Å². The van der Waals surface area contributed by atoms with E-state index in [-0.39, 0.29) is 0 Å². The molecule has 372 valence electrons. The Kier molecular flexibility index (Phi) is 10.7. The summed E-state index contributed by atoms with van der Waals surface area (Å²) in [7, 11) is -5.56. The van der Waals surface area contributed by atoms with Crippen LogP contribution in [0, 0.1) is 0 Å². The molecule has 0 radical (unpaired) electrons. The third-order valence-electron chi connectivity index (χ3n) is 17.8. The Labute approximate surface area is 469 Å². The van der Waals surface area contributed by atoms with Crippen molar-refractivity contribution in [3.63, 3.8) is 0 Å². The first-order chi connectivity index (χ1) is 39.7. The van der Waals surface area contributed by atoms with Gasteiger partial charge in [-0.2, -0.15) is 0 Å². The molecule has 14 aromatic carbocycles. The van der Waals surface area contributed by atoms with E-state index >= 15 is 0 Å². The Hall–Kier alpha value is -9.71. The molecule has 0 fully saturated rings. The second-order valence-electron chi connectivity index (χ2n) is 21.7.